The summed E-state index contributed by atoms with van der Waals surface area (Å²) in [6, 6.07) is 0. The number of aliphatic hydroxyl groups is 2. The Morgan fingerprint density at radius 2 is 1.17 bits per heavy atom. The van der Waals surface area contributed by atoms with Gasteiger partial charge in [0.2, 0.25) is 0 Å². The smallest absolute Gasteiger partial charge is 0.100 e. The van der Waals surface area contributed by atoms with Gasteiger partial charge in [0.05, 0.1) is 13.2 Å². The molecule has 23 heavy (non-hydrogen) atoms. The minimum atomic E-state index is -0.715. The monoisotopic (exact) mass is 334 g/mol. The highest BCUT2D eigenvalue weighted by Gasteiger charge is 2.00. The van der Waals surface area contributed by atoms with E-state index in [0.29, 0.717) is 6.61 Å². The van der Waals surface area contributed by atoms with Crippen molar-refractivity contribution in [3.63, 3.8) is 0 Å². The van der Waals surface area contributed by atoms with Crippen LogP contribution in [-0.4, -0.2) is 49.4 Å². The van der Waals surface area contributed by atoms with Crippen LogP contribution >= 0.6 is 0 Å². The van der Waals surface area contributed by atoms with Crippen molar-refractivity contribution < 1.29 is 19.7 Å². The van der Waals surface area contributed by atoms with Gasteiger partial charge in [0, 0.05) is 19.8 Å². The molecule has 4 nitrogen and oxygen atoms in total. The summed E-state index contributed by atoms with van der Waals surface area (Å²) in [5.41, 5.74) is 0. The summed E-state index contributed by atoms with van der Waals surface area (Å²) in [7, 11) is 0. The fraction of sp³-hybridized carbons (Fsp3) is 1.00. The molecule has 0 aromatic carbocycles. The number of rotatable bonds is 16. The lowest BCUT2D eigenvalue weighted by Gasteiger charge is -2.07. The maximum atomic E-state index is 9.04. The number of unbranched alkanes of at least 4 members (excludes halogenated alkanes) is 9. The first kappa shape index (κ1) is 25.1. The minimum Gasteiger partial charge on any atom is -0.394 e. The molecule has 2 N–H and O–H groups in total. The molecule has 0 aliphatic heterocycles. The Hall–Kier alpha value is -0.160. The molecule has 0 aliphatic rings. The molecule has 1 unspecified atom stereocenters. The van der Waals surface area contributed by atoms with Gasteiger partial charge in [-0.15, -0.1) is 0 Å². The molecule has 4 heteroatoms. The highest BCUT2D eigenvalue weighted by molar-refractivity contribution is 4.50. The van der Waals surface area contributed by atoms with Crippen molar-refractivity contribution in [3.05, 3.63) is 0 Å². The summed E-state index contributed by atoms with van der Waals surface area (Å²) in [5.74, 6) is 0. The third-order valence-electron chi connectivity index (χ3n) is 3.57. The summed E-state index contributed by atoms with van der Waals surface area (Å²) in [6.07, 6.45) is 12.5. The summed E-state index contributed by atoms with van der Waals surface area (Å²) < 4.78 is 10.1. The van der Waals surface area contributed by atoms with E-state index < -0.39 is 6.10 Å². The van der Waals surface area contributed by atoms with Crippen molar-refractivity contribution in [2.45, 2.75) is 91.1 Å². The Labute approximate surface area is 144 Å². The zero-order valence-corrected chi connectivity index (χ0v) is 15.9. The van der Waals surface area contributed by atoms with Crippen LogP contribution in [-0.2, 0) is 9.47 Å². The van der Waals surface area contributed by atoms with E-state index in [1.807, 2.05) is 13.8 Å². The fourth-order valence-corrected chi connectivity index (χ4v) is 2.17. The molecule has 0 aliphatic carbocycles. The first-order chi connectivity index (χ1) is 11.2. The van der Waals surface area contributed by atoms with Crippen LogP contribution in [0.15, 0.2) is 0 Å². The van der Waals surface area contributed by atoms with Gasteiger partial charge < -0.3 is 19.7 Å². The molecular weight excluding hydrogens is 292 g/mol. The van der Waals surface area contributed by atoms with Crippen molar-refractivity contribution in [3.8, 4) is 0 Å². The number of ether oxygens (including phenoxy) is 2. The molecule has 0 bridgehead atoms. The van der Waals surface area contributed by atoms with Gasteiger partial charge in [0.15, 0.2) is 0 Å². The quantitative estimate of drug-likeness (QED) is 0.413. The molecule has 0 spiro atoms. The number of hydrogen-bond acceptors (Lipinski definition) is 4. The lowest BCUT2D eigenvalue weighted by molar-refractivity contribution is 0.00526. The lowest BCUT2D eigenvalue weighted by atomic mass is 10.1. The van der Waals surface area contributed by atoms with Gasteiger partial charge in [-0.2, -0.15) is 0 Å². The molecule has 0 rings (SSSR count). The van der Waals surface area contributed by atoms with Gasteiger partial charge in [-0.1, -0.05) is 64.7 Å². The first-order valence-electron chi connectivity index (χ1n) is 9.67. The summed E-state index contributed by atoms with van der Waals surface area (Å²) in [5, 5.41) is 17.6. The Morgan fingerprint density at radius 1 is 0.696 bits per heavy atom. The van der Waals surface area contributed by atoms with Gasteiger partial charge >= 0.3 is 0 Å². The van der Waals surface area contributed by atoms with E-state index >= 15 is 0 Å². The molecule has 0 amide bonds. The largest absolute Gasteiger partial charge is 0.394 e. The SMILES string of the molecule is CCCCCCCCCCCCOCC(O)CO.CCOCC. The Kier molecular flexibility index (Phi) is 26.3. The van der Waals surface area contributed by atoms with E-state index in [-0.39, 0.29) is 13.2 Å². The maximum Gasteiger partial charge on any atom is 0.100 e. The predicted octanol–water partition coefficient (Wildman–Crippen LogP) is 4.32. The number of hydrogen-bond donors (Lipinski definition) is 2. The minimum absolute atomic E-state index is 0.210. The summed E-state index contributed by atoms with van der Waals surface area (Å²) >= 11 is 0. The van der Waals surface area contributed by atoms with Crippen LogP contribution in [0.1, 0.15) is 85.0 Å². The van der Waals surface area contributed by atoms with Gasteiger partial charge in [-0.05, 0) is 20.3 Å². The molecule has 1 atom stereocenters. The van der Waals surface area contributed by atoms with Crippen molar-refractivity contribution in [2.75, 3.05) is 33.0 Å². The van der Waals surface area contributed by atoms with Crippen LogP contribution in [0.2, 0.25) is 0 Å². The highest BCUT2D eigenvalue weighted by atomic mass is 16.5. The van der Waals surface area contributed by atoms with Crippen molar-refractivity contribution in [2.24, 2.45) is 0 Å². The Morgan fingerprint density at radius 3 is 1.57 bits per heavy atom. The van der Waals surface area contributed by atoms with Crippen LogP contribution < -0.4 is 0 Å². The third-order valence-corrected chi connectivity index (χ3v) is 3.57. The Bertz CT molecular complexity index is 186. The molecule has 0 radical (unpaired) electrons. The average molecular weight is 335 g/mol. The molecule has 0 heterocycles. The van der Waals surface area contributed by atoms with E-state index in [0.717, 1.165) is 19.6 Å². The Balaban J connectivity index is 0. The lowest BCUT2D eigenvalue weighted by Crippen LogP contribution is -2.19. The van der Waals surface area contributed by atoms with E-state index in [2.05, 4.69) is 6.92 Å². The normalized spacial score (nSPS) is 11.9. The second-order valence-electron chi connectivity index (χ2n) is 5.87. The van der Waals surface area contributed by atoms with E-state index in [1.165, 1.54) is 57.8 Å². The molecule has 0 fully saturated rings. The van der Waals surface area contributed by atoms with Gasteiger partial charge in [0.1, 0.15) is 6.10 Å². The molecule has 0 saturated heterocycles. The zero-order chi connectivity index (χ0) is 17.6. The summed E-state index contributed by atoms with van der Waals surface area (Å²) in [6.45, 7) is 8.67. The van der Waals surface area contributed by atoms with E-state index in [1.54, 1.807) is 0 Å². The molecular formula is C19H42O4. The average Bonchev–Trinajstić information content (AvgIpc) is 2.57. The highest BCUT2D eigenvalue weighted by Crippen LogP contribution is 2.10. The molecule has 0 saturated carbocycles. The van der Waals surface area contributed by atoms with Crippen LogP contribution in [0, 0.1) is 0 Å². The fourth-order valence-electron chi connectivity index (χ4n) is 2.17. The molecule has 0 aromatic heterocycles. The van der Waals surface area contributed by atoms with E-state index in [9.17, 15) is 0 Å². The summed E-state index contributed by atoms with van der Waals surface area (Å²) in [4.78, 5) is 0. The number of aliphatic hydroxyl groups excluding tert-OH is 2. The van der Waals surface area contributed by atoms with Crippen LogP contribution in [0.3, 0.4) is 0 Å². The van der Waals surface area contributed by atoms with Crippen molar-refractivity contribution in [1.82, 2.24) is 0 Å². The molecule has 0 aromatic rings. The van der Waals surface area contributed by atoms with Crippen LogP contribution in [0.5, 0.6) is 0 Å². The first-order valence-corrected chi connectivity index (χ1v) is 9.67. The predicted molar refractivity (Wildman–Crippen MR) is 97.9 cm³/mol. The molecule has 142 valence electrons. The van der Waals surface area contributed by atoms with Gasteiger partial charge in [-0.3, -0.25) is 0 Å². The van der Waals surface area contributed by atoms with Crippen molar-refractivity contribution in [1.29, 1.82) is 0 Å². The second kappa shape index (κ2) is 24.1. The van der Waals surface area contributed by atoms with Gasteiger partial charge in [-0.25, -0.2) is 0 Å². The topological polar surface area (TPSA) is 58.9 Å². The van der Waals surface area contributed by atoms with Gasteiger partial charge in [0.25, 0.3) is 0 Å². The van der Waals surface area contributed by atoms with Crippen LogP contribution in [0.4, 0.5) is 0 Å². The third kappa shape index (κ3) is 27.0. The second-order valence-corrected chi connectivity index (χ2v) is 5.87. The standard InChI is InChI=1S/C15H32O3.C4H10O/c1-2-3-4-5-6-7-8-9-10-11-12-18-14-15(17)13-16;1-3-5-4-2/h15-17H,2-14H2,1H3;3-4H2,1-2H3. The zero-order valence-electron chi connectivity index (χ0n) is 15.9. The van der Waals surface area contributed by atoms with Crippen molar-refractivity contribution >= 4 is 0 Å². The van der Waals surface area contributed by atoms with E-state index in [4.69, 9.17) is 19.7 Å². The van der Waals surface area contributed by atoms with Crippen LogP contribution in [0.25, 0.3) is 0 Å². The maximum absolute atomic E-state index is 9.04.